The summed E-state index contributed by atoms with van der Waals surface area (Å²) in [6.45, 7) is 0.365. The summed E-state index contributed by atoms with van der Waals surface area (Å²) < 4.78 is 30.1. The van der Waals surface area contributed by atoms with Crippen LogP contribution in [0.2, 0.25) is 0 Å². The molecule has 10 nitrogen and oxygen atoms in total. The number of pyridine rings is 1. The number of aromatic nitrogens is 2. The second-order valence-corrected chi connectivity index (χ2v) is 11.5. The number of carbonyl (C=O) groups is 1. The number of hydrogen-bond donors (Lipinski definition) is 2. The van der Waals surface area contributed by atoms with Crippen molar-refractivity contribution in [3.05, 3.63) is 42.0 Å². The molecule has 0 aliphatic heterocycles. The number of sulfone groups is 1. The molecular formula is C24H29N5O5S2. The quantitative estimate of drug-likeness (QED) is 0.217. The highest BCUT2D eigenvalue weighted by atomic mass is 32.2. The highest BCUT2D eigenvalue weighted by Gasteiger charge is 2.22. The Morgan fingerprint density at radius 1 is 1.14 bits per heavy atom. The summed E-state index contributed by atoms with van der Waals surface area (Å²) in [5, 5.41) is 10.3. The number of oxime groups is 1. The normalized spacial score (nSPS) is 14.8. The van der Waals surface area contributed by atoms with Gasteiger partial charge in [0, 0.05) is 26.3 Å². The van der Waals surface area contributed by atoms with E-state index >= 15 is 0 Å². The molecule has 2 heterocycles. The van der Waals surface area contributed by atoms with E-state index in [0.717, 1.165) is 25.7 Å². The fourth-order valence-corrected chi connectivity index (χ4v) is 5.96. The molecular weight excluding hydrogens is 502 g/mol. The van der Waals surface area contributed by atoms with Crippen LogP contribution in [0.1, 0.15) is 37.7 Å². The van der Waals surface area contributed by atoms with Gasteiger partial charge in [-0.3, -0.25) is 10.1 Å². The van der Waals surface area contributed by atoms with Gasteiger partial charge in [0.1, 0.15) is 22.3 Å². The smallest absolute Gasteiger partial charge is 0.280 e. The van der Waals surface area contributed by atoms with E-state index < -0.39 is 15.7 Å². The number of hydrogen-bond acceptors (Lipinski definition) is 10. The average Bonchev–Trinajstić information content (AvgIpc) is 3.53. The number of ether oxygens (including phenoxy) is 1. The second kappa shape index (κ2) is 11.8. The maximum absolute atomic E-state index is 13.3. The molecule has 0 spiro atoms. The summed E-state index contributed by atoms with van der Waals surface area (Å²) in [7, 11) is -0.150. The van der Waals surface area contributed by atoms with Gasteiger partial charge in [-0.2, -0.15) is 0 Å². The van der Waals surface area contributed by atoms with Crippen molar-refractivity contribution >= 4 is 54.1 Å². The van der Waals surface area contributed by atoms with E-state index in [4.69, 9.17) is 9.57 Å². The maximum Gasteiger partial charge on any atom is 0.280 e. The van der Waals surface area contributed by atoms with Crippen molar-refractivity contribution in [2.75, 3.05) is 37.2 Å². The van der Waals surface area contributed by atoms with E-state index in [2.05, 4.69) is 25.8 Å². The van der Waals surface area contributed by atoms with Gasteiger partial charge in [0.15, 0.2) is 20.7 Å². The van der Waals surface area contributed by atoms with Crippen LogP contribution in [0.25, 0.3) is 10.3 Å². The molecule has 1 aliphatic rings. The minimum Gasteiger partial charge on any atom is -0.392 e. The van der Waals surface area contributed by atoms with E-state index in [1.54, 1.807) is 25.2 Å². The van der Waals surface area contributed by atoms with E-state index in [1.807, 2.05) is 6.07 Å². The lowest BCUT2D eigenvalue weighted by molar-refractivity contribution is -0.110. The van der Waals surface area contributed by atoms with Gasteiger partial charge in [0.2, 0.25) is 0 Å². The lowest BCUT2D eigenvalue weighted by Crippen LogP contribution is -2.25. The molecule has 0 saturated heterocycles. The SMILES string of the molecule is CNc1ccc2nc(NC(=O)/C(=N/OC3CCCC3)c3ccc(S(=O)(=O)CCCOC)cc3)sc2n1. The average molecular weight is 532 g/mol. The van der Waals surface area contributed by atoms with Crippen LogP contribution in [0.4, 0.5) is 10.9 Å². The first kappa shape index (κ1) is 26.0. The molecule has 2 aromatic heterocycles. The van der Waals surface area contributed by atoms with Gasteiger partial charge in [-0.25, -0.2) is 18.4 Å². The molecule has 1 amide bonds. The van der Waals surface area contributed by atoms with Gasteiger partial charge >= 0.3 is 0 Å². The van der Waals surface area contributed by atoms with Crippen LogP contribution in [0.5, 0.6) is 0 Å². The van der Waals surface area contributed by atoms with Gasteiger partial charge in [-0.05, 0) is 56.4 Å². The molecule has 12 heteroatoms. The summed E-state index contributed by atoms with van der Waals surface area (Å²) in [5.74, 6) is 0.179. The van der Waals surface area contributed by atoms with Crippen LogP contribution in [0, 0.1) is 0 Å². The molecule has 0 radical (unpaired) electrons. The molecule has 36 heavy (non-hydrogen) atoms. The van der Waals surface area contributed by atoms with Crippen LogP contribution >= 0.6 is 11.3 Å². The Labute approximate surface area is 214 Å². The molecule has 4 rings (SSSR count). The summed E-state index contributed by atoms with van der Waals surface area (Å²) in [5.41, 5.74) is 1.16. The summed E-state index contributed by atoms with van der Waals surface area (Å²) in [6.07, 6.45) is 4.25. The predicted molar refractivity (Wildman–Crippen MR) is 140 cm³/mol. The van der Waals surface area contributed by atoms with Crippen LogP contribution in [0.3, 0.4) is 0 Å². The molecule has 1 aliphatic carbocycles. The Kier molecular flexibility index (Phi) is 8.49. The molecule has 0 bridgehead atoms. The zero-order valence-corrected chi connectivity index (χ0v) is 21.8. The number of rotatable bonds is 11. The standard InChI is InChI=1S/C24H29N5O5S2/c1-25-20-13-12-19-23(27-20)35-24(26-19)28-22(30)21(29-34-17-6-3-4-7-17)16-8-10-18(11-9-16)36(31,32)15-5-14-33-2/h8-13,17H,3-7,14-15H2,1-2H3,(H,25,27)(H,26,28,30)/b29-21+. The number of anilines is 2. The van der Waals surface area contributed by atoms with Crippen molar-refractivity contribution < 1.29 is 22.8 Å². The summed E-state index contributed by atoms with van der Waals surface area (Å²) in [4.78, 5) is 28.7. The number of thiazole rings is 1. The third-order valence-corrected chi connectivity index (χ3v) is 8.49. The number of fused-ring (bicyclic) bond motifs is 1. The Hall–Kier alpha value is -3.09. The summed E-state index contributed by atoms with van der Waals surface area (Å²) in [6, 6.07) is 9.73. The molecule has 0 atom stereocenters. The van der Waals surface area contributed by atoms with Gasteiger partial charge in [0.25, 0.3) is 5.91 Å². The Bertz CT molecular complexity index is 1330. The van der Waals surface area contributed by atoms with Gasteiger partial charge in [-0.15, -0.1) is 0 Å². The Morgan fingerprint density at radius 2 is 1.89 bits per heavy atom. The highest BCUT2D eigenvalue weighted by molar-refractivity contribution is 7.91. The van der Waals surface area contributed by atoms with Crippen molar-refractivity contribution in [1.29, 1.82) is 0 Å². The Balaban J connectivity index is 1.56. The van der Waals surface area contributed by atoms with Crippen molar-refractivity contribution in [3.8, 4) is 0 Å². The predicted octanol–water partition coefficient (Wildman–Crippen LogP) is 3.85. The third kappa shape index (κ3) is 6.37. The lowest BCUT2D eigenvalue weighted by atomic mass is 10.1. The number of amides is 1. The molecule has 192 valence electrons. The number of methoxy groups -OCH3 is 1. The number of nitrogens with zero attached hydrogens (tertiary/aromatic N) is 3. The third-order valence-electron chi connectivity index (χ3n) is 5.79. The molecule has 3 aromatic rings. The first-order chi connectivity index (χ1) is 17.4. The fraction of sp³-hybridized carbons (Fsp3) is 0.417. The minimum absolute atomic E-state index is 0.0205. The van der Waals surface area contributed by atoms with Crippen molar-refractivity contribution in [2.24, 2.45) is 5.16 Å². The van der Waals surface area contributed by atoms with Crippen molar-refractivity contribution in [3.63, 3.8) is 0 Å². The van der Waals surface area contributed by atoms with Crippen LogP contribution in [-0.2, 0) is 24.2 Å². The molecule has 1 fully saturated rings. The van der Waals surface area contributed by atoms with E-state index in [1.165, 1.54) is 30.6 Å². The topological polar surface area (TPSA) is 132 Å². The van der Waals surface area contributed by atoms with Crippen molar-refractivity contribution in [1.82, 2.24) is 9.97 Å². The summed E-state index contributed by atoms with van der Waals surface area (Å²) >= 11 is 1.25. The first-order valence-corrected chi connectivity index (χ1v) is 14.2. The number of nitrogens with one attached hydrogen (secondary N) is 2. The number of carbonyl (C=O) groups excluding carboxylic acids is 1. The highest BCUT2D eigenvalue weighted by Crippen LogP contribution is 2.26. The van der Waals surface area contributed by atoms with Crippen molar-refractivity contribution in [2.45, 2.75) is 43.1 Å². The zero-order chi connectivity index (χ0) is 25.5. The molecule has 2 N–H and O–H groups in total. The van der Waals surface area contributed by atoms with Gasteiger partial charge in [-0.1, -0.05) is 28.6 Å². The van der Waals surface area contributed by atoms with Crippen LogP contribution in [-0.4, -0.2) is 62.6 Å². The monoisotopic (exact) mass is 531 g/mol. The maximum atomic E-state index is 13.3. The minimum atomic E-state index is -3.46. The zero-order valence-electron chi connectivity index (χ0n) is 20.2. The Morgan fingerprint density at radius 3 is 2.58 bits per heavy atom. The number of benzene rings is 1. The second-order valence-electron chi connectivity index (χ2n) is 8.39. The van der Waals surface area contributed by atoms with Crippen LogP contribution in [0.15, 0.2) is 46.4 Å². The van der Waals surface area contributed by atoms with E-state index in [9.17, 15) is 13.2 Å². The van der Waals surface area contributed by atoms with Gasteiger partial charge < -0.3 is 14.9 Å². The molecule has 1 saturated carbocycles. The molecule has 0 unspecified atom stereocenters. The van der Waals surface area contributed by atoms with E-state index in [0.29, 0.717) is 39.9 Å². The van der Waals surface area contributed by atoms with E-state index in [-0.39, 0.29) is 22.5 Å². The largest absolute Gasteiger partial charge is 0.392 e. The van der Waals surface area contributed by atoms with Gasteiger partial charge in [0.05, 0.1) is 10.6 Å². The first-order valence-electron chi connectivity index (χ1n) is 11.7. The lowest BCUT2D eigenvalue weighted by Gasteiger charge is -2.11. The fourth-order valence-electron chi connectivity index (χ4n) is 3.84. The molecule has 1 aromatic carbocycles. The van der Waals surface area contributed by atoms with Crippen LogP contribution < -0.4 is 10.6 Å².